The number of hydrogen-bond acceptors (Lipinski definition) is 4. The largest absolute Gasteiger partial charge is 2.00 e. The SMILES string of the molecule is Cc1nn(-c2[c-]c(C3(c4[c-]c(Oc5cc(C(C)(C)C)ccn5)n5c(C)c(C)nc5c4)c4ccccc4-c4ccccc43)ccc2)c(C)c1-c1ccccc1.[Pt+2]. The molecule has 4 aromatic heterocycles. The van der Waals surface area contributed by atoms with Gasteiger partial charge in [-0.25, -0.2) is 4.98 Å². The minimum absolute atomic E-state index is 0. The fourth-order valence-corrected chi connectivity index (χ4v) is 8.29. The Balaban J connectivity index is 0.00000427. The molecule has 0 atom stereocenters. The first-order valence-electron chi connectivity index (χ1n) is 18.5. The summed E-state index contributed by atoms with van der Waals surface area (Å²) < 4.78 is 10.9. The van der Waals surface area contributed by atoms with E-state index in [-0.39, 0.29) is 26.5 Å². The smallest absolute Gasteiger partial charge is 0.441 e. The summed E-state index contributed by atoms with van der Waals surface area (Å²) in [6, 6.07) is 48.2. The predicted octanol–water partition coefficient (Wildman–Crippen LogP) is 10.9. The fraction of sp³-hybridized carbons (Fsp3) is 0.188. The van der Waals surface area contributed by atoms with Crippen molar-refractivity contribution in [2.75, 3.05) is 0 Å². The second-order valence-electron chi connectivity index (χ2n) is 15.3. The van der Waals surface area contributed by atoms with Crippen LogP contribution in [0.2, 0.25) is 0 Å². The maximum Gasteiger partial charge on any atom is 2.00 e. The molecule has 7 heteroatoms. The van der Waals surface area contributed by atoms with Crippen LogP contribution in [0.25, 0.3) is 33.6 Å². The molecule has 1 aliphatic carbocycles. The number of ether oxygens (including phenoxy) is 1. The maximum atomic E-state index is 6.78. The minimum Gasteiger partial charge on any atom is -0.441 e. The third-order valence-electron chi connectivity index (χ3n) is 11.0. The number of nitrogens with zero attached hydrogens (tertiary/aromatic N) is 5. The van der Waals surface area contributed by atoms with Gasteiger partial charge in [0.2, 0.25) is 5.88 Å². The van der Waals surface area contributed by atoms with Gasteiger partial charge in [-0.3, -0.25) is 14.1 Å². The first-order valence-corrected chi connectivity index (χ1v) is 18.5. The molecule has 0 N–H and O–H groups in total. The minimum atomic E-state index is -0.810. The number of hydrogen-bond donors (Lipinski definition) is 0. The Morgan fingerprint density at radius 3 is 2.04 bits per heavy atom. The van der Waals surface area contributed by atoms with Crippen molar-refractivity contribution in [3.05, 3.63) is 184 Å². The second-order valence-corrected chi connectivity index (χ2v) is 15.3. The molecule has 4 heterocycles. The van der Waals surface area contributed by atoms with Crippen LogP contribution in [0.3, 0.4) is 0 Å². The van der Waals surface area contributed by atoms with Crippen LogP contribution in [0.5, 0.6) is 11.8 Å². The van der Waals surface area contributed by atoms with Gasteiger partial charge in [0.25, 0.3) is 0 Å². The Morgan fingerprint density at radius 2 is 1.35 bits per heavy atom. The molecule has 1 aliphatic rings. The second kappa shape index (κ2) is 13.6. The summed E-state index contributed by atoms with van der Waals surface area (Å²) in [6.45, 7) is 14.9. The zero-order valence-electron chi connectivity index (χ0n) is 32.0. The molecular formula is C48H41N5OPt. The van der Waals surface area contributed by atoms with Gasteiger partial charge in [-0.05, 0) is 78.2 Å². The Labute approximate surface area is 337 Å². The van der Waals surface area contributed by atoms with Crippen LogP contribution in [0, 0.1) is 39.8 Å². The Kier molecular flexibility index (Phi) is 9.01. The van der Waals surface area contributed by atoms with Gasteiger partial charge in [0, 0.05) is 34.6 Å². The van der Waals surface area contributed by atoms with Gasteiger partial charge >= 0.3 is 21.1 Å². The van der Waals surface area contributed by atoms with Crippen LogP contribution in [0.1, 0.15) is 71.4 Å². The monoisotopic (exact) mass is 898 g/mol. The average Bonchev–Trinajstić information content (AvgIpc) is 3.77. The zero-order valence-corrected chi connectivity index (χ0v) is 34.3. The molecule has 0 amide bonds. The first kappa shape index (κ1) is 36.4. The number of aryl methyl sites for hydroxylation is 3. The predicted molar refractivity (Wildman–Crippen MR) is 215 cm³/mol. The third-order valence-corrected chi connectivity index (χ3v) is 11.0. The Bertz CT molecular complexity index is 2690. The van der Waals surface area contributed by atoms with Crippen LogP contribution in [0.4, 0.5) is 0 Å². The molecule has 0 saturated heterocycles. The molecule has 274 valence electrons. The normalized spacial score (nSPS) is 13.0. The Morgan fingerprint density at radius 1 is 0.673 bits per heavy atom. The molecular weight excluding hydrogens is 858 g/mol. The van der Waals surface area contributed by atoms with E-state index in [1.165, 1.54) is 11.1 Å². The van der Waals surface area contributed by atoms with E-state index in [2.05, 4.69) is 156 Å². The van der Waals surface area contributed by atoms with Crippen molar-refractivity contribution in [2.24, 2.45) is 0 Å². The first-order chi connectivity index (χ1) is 26.1. The third kappa shape index (κ3) is 5.77. The number of aromatic nitrogens is 5. The van der Waals surface area contributed by atoms with Crippen LogP contribution in [0.15, 0.2) is 121 Å². The van der Waals surface area contributed by atoms with Gasteiger partial charge in [-0.1, -0.05) is 99.6 Å². The van der Waals surface area contributed by atoms with Crippen molar-refractivity contribution in [2.45, 2.75) is 59.3 Å². The van der Waals surface area contributed by atoms with E-state index in [0.29, 0.717) is 11.8 Å². The van der Waals surface area contributed by atoms with Crippen LogP contribution in [-0.4, -0.2) is 24.1 Å². The molecule has 0 spiro atoms. The average molecular weight is 899 g/mol. The summed E-state index contributed by atoms with van der Waals surface area (Å²) in [5, 5.41) is 5.08. The summed E-state index contributed by atoms with van der Waals surface area (Å²) in [6.07, 6.45) is 1.82. The van der Waals surface area contributed by atoms with Crippen molar-refractivity contribution in [1.29, 1.82) is 0 Å². The van der Waals surface area contributed by atoms with Crippen LogP contribution < -0.4 is 4.74 Å². The van der Waals surface area contributed by atoms with Crippen molar-refractivity contribution >= 4 is 5.65 Å². The van der Waals surface area contributed by atoms with E-state index in [4.69, 9.17) is 14.8 Å². The molecule has 0 unspecified atom stereocenters. The number of rotatable bonds is 6. The van der Waals surface area contributed by atoms with Gasteiger partial charge < -0.3 is 4.74 Å². The summed E-state index contributed by atoms with van der Waals surface area (Å²) in [5.41, 5.74) is 14.7. The van der Waals surface area contributed by atoms with Crippen LogP contribution >= 0.6 is 0 Å². The van der Waals surface area contributed by atoms with E-state index < -0.39 is 5.41 Å². The number of benzene rings is 4. The zero-order chi connectivity index (χ0) is 37.4. The topological polar surface area (TPSA) is 57.2 Å². The van der Waals surface area contributed by atoms with Crippen molar-refractivity contribution in [3.8, 4) is 39.7 Å². The molecule has 6 nitrogen and oxygen atoms in total. The molecule has 0 saturated carbocycles. The van der Waals surface area contributed by atoms with Gasteiger partial charge in [-0.15, -0.1) is 11.6 Å². The molecule has 9 rings (SSSR count). The fourth-order valence-electron chi connectivity index (χ4n) is 8.29. The molecule has 55 heavy (non-hydrogen) atoms. The van der Waals surface area contributed by atoms with E-state index in [9.17, 15) is 0 Å². The van der Waals surface area contributed by atoms with Crippen LogP contribution in [-0.2, 0) is 31.9 Å². The van der Waals surface area contributed by atoms with Crippen molar-refractivity contribution < 1.29 is 25.8 Å². The van der Waals surface area contributed by atoms with E-state index in [0.717, 1.165) is 73.1 Å². The quantitative estimate of drug-likeness (QED) is 0.156. The van der Waals surface area contributed by atoms with E-state index in [1.807, 2.05) is 40.4 Å². The number of pyridine rings is 2. The standard InChI is InChI=1S/C48H41N5O.Pt/c1-30-32(3)52-43(50-30)27-37(29-45(52)54-44-28-35(24-25-49-44)47(5,6)7)48(41-22-13-11-20-39(41)40-21-12-14-23-42(40)48)36-18-15-19-38(26-36)53-33(4)46(31(2)51-53)34-16-9-8-10-17-34;/h8-25,27-28H,1-7H3;/q-2;+2. The van der Waals surface area contributed by atoms with Gasteiger partial charge in [0.1, 0.15) is 5.88 Å². The summed E-state index contributed by atoms with van der Waals surface area (Å²) in [7, 11) is 0. The summed E-state index contributed by atoms with van der Waals surface area (Å²) in [4.78, 5) is 9.74. The number of imidazole rings is 1. The van der Waals surface area contributed by atoms with E-state index in [1.54, 1.807) is 0 Å². The Hall–Kier alpha value is -5.58. The van der Waals surface area contributed by atoms with Gasteiger partial charge in [-0.2, -0.15) is 41.0 Å². The molecule has 0 radical (unpaired) electrons. The number of fused-ring (bicyclic) bond motifs is 4. The van der Waals surface area contributed by atoms with Gasteiger partial charge in [0.05, 0.1) is 17.0 Å². The van der Waals surface area contributed by atoms with Crippen molar-refractivity contribution in [1.82, 2.24) is 24.1 Å². The van der Waals surface area contributed by atoms with Crippen molar-refractivity contribution in [3.63, 3.8) is 0 Å². The van der Waals surface area contributed by atoms with E-state index >= 15 is 0 Å². The molecule has 4 aromatic carbocycles. The molecule has 0 fully saturated rings. The maximum absolute atomic E-state index is 6.78. The van der Waals surface area contributed by atoms with Gasteiger partial charge in [0.15, 0.2) is 0 Å². The summed E-state index contributed by atoms with van der Waals surface area (Å²) in [5.74, 6) is 1.04. The molecule has 0 bridgehead atoms. The summed E-state index contributed by atoms with van der Waals surface area (Å²) >= 11 is 0. The molecule has 0 aliphatic heterocycles. The molecule has 8 aromatic rings.